The number of nitrogens with one attached hydrogen (secondary N) is 1. The monoisotopic (exact) mass is 395 g/mol. The zero-order chi connectivity index (χ0) is 21.0. The van der Waals surface area contributed by atoms with Gasteiger partial charge in [0.05, 0.1) is 16.1 Å². The molecule has 1 aliphatic rings. The van der Waals surface area contributed by atoms with Gasteiger partial charge in [0, 0.05) is 30.3 Å². The van der Waals surface area contributed by atoms with E-state index in [9.17, 15) is 24.5 Å². The molecule has 0 fully saturated rings. The molecule has 2 aromatic carbocycles. The van der Waals surface area contributed by atoms with Gasteiger partial charge in [0.25, 0.3) is 17.5 Å². The summed E-state index contributed by atoms with van der Waals surface area (Å²) in [4.78, 5) is 48.3. The van der Waals surface area contributed by atoms with E-state index < -0.39 is 4.92 Å². The molecular formula is C21H21N3O5. The van der Waals surface area contributed by atoms with Gasteiger partial charge >= 0.3 is 0 Å². The summed E-state index contributed by atoms with van der Waals surface area (Å²) in [5, 5.41) is 13.6. The molecule has 0 saturated carbocycles. The van der Waals surface area contributed by atoms with E-state index in [-0.39, 0.29) is 29.8 Å². The molecule has 3 amide bonds. The predicted octanol–water partition coefficient (Wildman–Crippen LogP) is 3.70. The van der Waals surface area contributed by atoms with E-state index in [1.165, 1.54) is 11.0 Å². The minimum absolute atomic E-state index is 0.0382. The molecule has 0 saturated heterocycles. The van der Waals surface area contributed by atoms with Crippen molar-refractivity contribution in [3.05, 3.63) is 69.3 Å². The van der Waals surface area contributed by atoms with Crippen molar-refractivity contribution in [2.45, 2.75) is 32.6 Å². The topological polar surface area (TPSA) is 110 Å². The lowest BCUT2D eigenvalue weighted by atomic mass is 10.1. The number of aryl methyl sites for hydroxylation is 1. The van der Waals surface area contributed by atoms with E-state index in [0.29, 0.717) is 48.2 Å². The minimum atomic E-state index is -0.482. The second kappa shape index (κ2) is 8.64. The second-order valence-corrected chi connectivity index (χ2v) is 6.92. The number of nitro groups is 1. The molecule has 0 aromatic heterocycles. The molecule has 29 heavy (non-hydrogen) atoms. The lowest BCUT2D eigenvalue weighted by Crippen LogP contribution is -2.30. The summed E-state index contributed by atoms with van der Waals surface area (Å²) in [5.74, 6) is -0.780. The smallest absolute Gasteiger partial charge is 0.274 e. The standard InChI is InChI=1S/C21H21N3O5/c1-14-10-11-15(13-18(14)24(28)29)22-19(25)9-3-2-6-12-23-20(26)16-7-4-5-8-17(16)21(23)27/h4-5,7-8,10-11,13H,2-3,6,9,12H2,1H3,(H,22,25). The molecule has 3 rings (SSSR count). The molecule has 8 heteroatoms. The number of hydrogen-bond acceptors (Lipinski definition) is 5. The molecule has 0 unspecified atom stereocenters. The van der Waals surface area contributed by atoms with Crippen LogP contribution in [0.5, 0.6) is 0 Å². The third-order valence-corrected chi connectivity index (χ3v) is 4.85. The fourth-order valence-corrected chi connectivity index (χ4v) is 3.28. The van der Waals surface area contributed by atoms with E-state index in [1.807, 2.05) is 0 Å². The van der Waals surface area contributed by atoms with E-state index in [4.69, 9.17) is 0 Å². The quantitative estimate of drug-likeness (QED) is 0.317. The van der Waals surface area contributed by atoms with Gasteiger partial charge in [-0.05, 0) is 38.0 Å². The van der Waals surface area contributed by atoms with E-state index in [0.717, 1.165) is 0 Å². The third-order valence-electron chi connectivity index (χ3n) is 4.85. The van der Waals surface area contributed by atoms with Crippen molar-refractivity contribution in [2.75, 3.05) is 11.9 Å². The van der Waals surface area contributed by atoms with Crippen LogP contribution < -0.4 is 5.32 Å². The van der Waals surface area contributed by atoms with Gasteiger partial charge in [-0.15, -0.1) is 0 Å². The molecule has 0 aliphatic carbocycles. The fraction of sp³-hybridized carbons (Fsp3) is 0.286. The highest BCUT2D eigenvalue weighted by Gasteiger charge is 2.34. The van der Waals surface area contributed by atoms with Gasteiger partial charge in [0.15, 0.2) is 0 Å². The first-order valence-electron chi connectivity index (χ1n) is 9.38. The summed E-state index contributed by atoms with van der Waals surface area (Å²) in [7, 11) is 0. The summed E-state index contributed by atoms with van der Waals surface area (Å²) in [6, 6.07) is 11.3. The summed E-state index contributed by atoms with van der Waals surface area (Å²) in [6.07, 6.45) is 2.12. The fourth-order valence-electron chi connectivity index (χ4n) is 3.28. The van der Waals surface area contributed by atoms with Crippen LogP contribution in [0.2, 0.25) is 0 Å². The largest absolute Gasteiger partial charge is 0.326 e. The Balaban J connectivity index is 1.42. The first-order valence-corrected chi connectivity index (χ1v) is 9.38. The minimum Gasteiger partial charge on any atom is -0.326 e. The molecule has 1 heterocycles. The van der Waals surface area contributed by atoms with Gasteiger partial charge in [0.1, 0.15) is 0 Å². The van der Waals surface area contributed by atoms with Crippen LogP contribution in [0.15, 0.2) is 42.5 Å². The maximum absolute atomic E-state index is 12.3. The van der Waals surface area contributed by atoms with Gasteiger partial charge in [-0.2, -0.15) is 0 Å². The van der Waals surface area contributed by atoms with Gasteiger partial charge in [0.2, 0.25) is 5.91 Å². The molecule has 0 atom stereocenters. The number of nitro benzene ring substituents is 1. The summed E-state index contributed by atoms with van der Waals surface area (Å²) in [6.45, 7) is 1.95. The van der Waals surface area contributed by atoms with Crippen molar-refractivity contribution >= 4 is 29.1 Å². The number of fused-ring (bicyclic) bond motifs is 1. The van der Waals surface area contributed by atoms with Crippen LogP contribution in [-0.2, 0) is 4.79 Å². The zero-order valence-electron chi connectivity index (χ0n) is 16.0. The number of carbonyl (C=O) groups excluding carboxylic acids is 3. The Morgan fingerprint density at radius 2 is 1.69 bits per heavy atom. The highest BCUT2D eigenvalue weighted by atomic mass is 16.6. The number of unbranched alkanes of at least 4 members (excludes halogenated alkanes) is 2. The number of imide groups is 1. The molecule has 1 aliphatic heterocycles. The molecule has 2 aromatic rings. The van der Waals surface area contributed by atoms with E-state index in [2.05, 4.69) is 5.32 Å². The average Bonchev–Trinajstić information content (AvgIpc) is 2.94. The number of rotatable bonds is 8. The van der Waals surface area contributed by atoms with Crippen molar-refractivity contribution in [1.29, 1.82) is 0 Å². The molecule has 1 N–H and O–H groups in total. The number of benzene rings is 2. The highest BCUT2D eigenvalue weighted by molar-refractivity contribution is 6.21. The number of hydrogen-bond donors (Lipinski definition) is 1. The van der Waals surface area contributed by atoms with Gasteiger partial charge in [-0.1, -0.05) is 24.6 Å². The summed E-state index contributed by atoms with van der Waals surface area (Å²) >= 11 is 0. The third kappa shape index (κ3) is 4.48. The Hall–Kier alpha value is -3.55. The predicted molar refractivity (Wildman–Crippen MR) is 107 cm³/mol. The van der Waals surface area contributed by atoms with Crippen LogP contribution in [0.3, 0.4) is 0 Å². The number of amides is 3. The number of nitrogens with zero attached hydrogens (tertiary/aromatic N) is 2. The molecule has 8 nitrogen and oxygen atoms in total. The maximum atomic E-state index is 12.3. The first-order chi connectivity index (χ1) is 13.9. The van der Waals surface area contributed by atoms with Crippen molar-refractivity contribution < 1.29 is 19.3 Å². The van der Waals surface area contributed by atoms with E-state index in [1.54, 1.807) is 43.3 Å². The summed E-state index contributed by atoms with van der Waals surface area (Å²) < 4.78 is 0. The molecule has 0 bridgehead atoms. The number of carbonyl (C=O) groups is 3. The van der Waals surface area contributed by atoms with Crippen LogP contribution in [0.1, 0.15) is 52.0 Å². The van der Waals surface area contributed by atoms with Gasteiger partial charge < -0.3 is 5.32 Å². The Kier molecular flexibility index (Phi) is 6.01. The molecule has 0 spiro atoms. The lowest BCUT2D eigenvalue weighted by Gasteiger charge is -2.13. The van der Waals surface area contributed by atoms with Crippen LogP contribution in [0.4, 0.5) is 11.4 Å². The Bertz CT molecular complexity index is 951. The molecule has 150 valence electrons. The van der Waals surface area contributed by atoms with Crippen LogP contribution in [0, 0.1) is 17.0 Å². The first kappa shape index (κ1) is 20.2. The SMILES string of the molecule is Cc1ccc(NC(=O)CCCCCN2C(=O)c3ccccc3C2=O)cc1[N+](=O)[O-]. The van der Waals surface area contributed by atoms with E-state index >= 15 is 0 Å². The lowest BCUT2D eigenvalue weighted by molar-refractivity contribution is -0.385. The molecular weight excluding hydrogens is 374 g/mol. The van der Waals surface area contributed by atoms with Crippen molar-refractivity contribution in [1.82, 2.24) is 4.90 Å². The number of anilines is 1. The Morgan fingerprint density at radius 1 is 1.03 bits per heavy atom. The van der Waals surface area contributed by atoms with Crippen LogP contribution >= 0.6 is 0 Å². The van der Waals surface area contributed by atoms with Crippen molar-refractivity contribution in [3.63, 3.8) is 0 Å². The highest BCUT2D eigenvalue weighted by Crippen LogP contribution is 2.24. The second-order valence-electron chi connectivity index (χ2n) is 6.92. The maximum Gasteiger partial charge on any atom is 0.274 e. The zero-order valence-corrected chi connectivity index (χ0v) is 16.0. The normalized spacial score (nSPS) is 12.8. The van der Waals surface area contributed by atoms with Crippen LogP contribution in [-0.4, -0.2) is 34.1 Å². The Labute approximate surface area is 167 Å². The van der Waals surface area contributed by atoms with Crippen molar-refractivity contribution in [3.8, 4) is 0 Å². The van der Waals surface area contributed by atoms with Crippen molar-refractivity contribution in [2.24, 2.45) is 0 Å². The van der Waals surface area contributed by atoms with Gasteiger partial charge in [-0.3, -0.25) is 29.4 Å². The molecule has 0 radical (unpaired) electrons. The Morgan fingerprint density at radius 3 is 2.31 bits per heavy atom. The summed E-state index contributed by atoms with van der Waals surface area (Å²) in [5.41, 5.74) is 1.75. The van der Waals surface area contributed by atoms with Crippen LogP contribution in [0.25, 0.3) is 0 Å². The average molecular weight is 395 g/mol. The van der Waals surface area contributed by atoms with Gasteiger partial charge in [-0.25, -0.2) is 0 Å².